The minimum Gasteiger partial charge on any atom is -0.248 e. The van der Waals surface area contributed by atoms with Crippen molar-refractivity contribution in [3.8, 4) is 0 Å². The molecule has 0 amide bonds. The molecular formula is C20H40F. The molecule has 21 heavy (non-hydrogen) atoms. The van der Waals surface area contributed by atoms with E-state index in [0.29, 0.717) is 0 Å². The highest BCUT2D eigenvalue weighted by Gasteiger charge is 1.97. The molecule has 1 atom stereocenters. The first-order chi connectivity index (χ1) is 10.3. The lowest BCUT2D eigenvalue weighted by molar-refractivity contribution is 0.329. The molecule has 0 aromatic rings. The predicted octanol–water partition coefficient (Wildman–Crippen LogP) is 7.81. The molecule has 0 aliphatic carbocycles. The van der Waals surface area contributed by atoms with Crippen molar-refractivity contribution in [2.75, 3.05) is 0 Å². The van der Waals surface area contributed by atoms with Crippen LogP contribution in [0, 0.1) is 6.92 Å². The van der Waals surface area contributed by atoms with Crippen LogP contribution in [-0.4, -0.2) is 6.17 Å². The van der Waals surface area contributed by atoms with E-state index < -0.39 is 6.17 Å². The number of unbranched alkanes of at least 4 members (excludes halogenated alkanes) is 15. The van der Waals surface area contributed by atoms with E-state index in [0.717, 1.165) is 19.3 Å². The van der Waals surface area contributed by atoms with Gasteiger partial charge in [0, 0.05) is 0 Å². The third kappa shape index (κ3) is 19.9. The van der Waals surface area contributed by atoms with Gasteiger partial charge in [0.1, 0.15) is 0 Å². The van der Waals surface area contributed by atoms with Crippen LogP contribution in [0.5, 0.6) is 0 Å². The van der Waals surface area contributed by atoms with Gasteiger partial charge in [-0.3, -0.25) is 0 Å². The molecule has 0 N–H and O–H groups in total. The van der Waals surface area contributed by atoms with Crippen molar-refractivity contribution in [1.29, 1.82) is 0 Å². The molecule has 0 heterocycles. The highest BCUT2D eigenvalue weighted by atomic mass is 19.1. The first-order valence-corrected chi connectivity index (χ1v) is 9.70. The van der Waals surface area contributed by atoms with E-state index in [1.54, 1.807) is 6.92 Å². The van der Waals surface area contributed by atoms with Gasteiger partial charge in [-0.25, -0.2) is 4.39 Å². The van der Waals surface area contributed by atoms with Gasteiger partial charge in [0.25, 0.3) is 0 Å². The third-order valence-electron chi connectivity index (χ3n) is 4.35. The van der Waals surface area contributed by atoms with Gasteiger partial charge >= 0.3 is 0 Å². The summed E-state index contributed by atoms with van der Waals surface area (Å²) in [5, 5.41) is 0. The number of alkyl halides is 1. The van der Waals surface area contributed by atoms with E-state index in [9.17, 15) is 4.39 Å². The second kappa shape index (κ2) is 18.0. The molecule has 0 spiro atoms. The van der Waals surface area contributed by atoms with Gasteiger partial charge in [-0.15, -0.1) is 0 Å². The zero-order valence-corrected chi connectivity index (χ0v) is 14.7. The van der Waals surface area contributed by atoms with E-state index in [1.807, 2.05) is 0 Å². The summed E-state index contributed by atoms with van der Waals surface area (Å²) in [6, 6.07) is 0. The second-order valence-electron chi connectivity index (χ2n) is 6.73. The molecule has 0 rings (SSSR count). The summed E-state index contributed by atoms with van der Waals surface area (Å²) in [7, 11) is 0. The Balaban J connectivity index is 2.93. The number of rotatable bonds is 17. The van der Waals surface area contributed by atoms with Gasteiger partial charge in [0.2, 0.25) is 0 Å². The van der Waals surface area contributed by atoms with Gasteiger partial charge < -0.3 is 0 Å². The summed E-state index contributed by atoms with van der Waals surface area (Å²) in [4.78, 5) is 0. The smallest absolute Gasteiger partial charge is 0.0973 e. The maximum absolute atomic E-state index is 12.6. The molecule has 0 aromatic heterocycles. The van der Waals surface area contributed by atoms with E-state index in [2.05, 4.69) is 6.92 Å². The number of hydrogen-bond donors (Lipinski definition) is 0. The summed E-state index contributed by atoms with van der Waals surface area (Å²) in [5.41, 5.74) is 0. The van der Waals surface area contributed by atoms with Crippen molar-refractivity contribution in [2.24, 2.45) is 0 Å². The molecule has 0 fully saturated rings. The number of halogens is 1. The first kappa shape index (κ1) is 20.9. The Labute approximate surface area is 134 Å². The molecule has 0 nitrogen and oxygen atoms in total. The third-order valence-corrected chi connectivity index (χ3v) is 4.35. The summed E-state index contributed by atoms with van der Waals surface area (Å²) in [6.45, 7) is 5.55. The SMILES string of the molecule is [CH2]CCCCCCCCCCCCCCCCCC(C)F. The quantitative estimate of drug-likeness (QED) is 0.240. The summed E-state index contributed by atoms with van der Waals surface area (Å²) in [6.07, 6.45) is 21.7. The Hall–Kier alpha value is -0.0700. The van der Waals surface area contributed by atoms with Crippen LogP contribution in [0.1, 0.15) is 116 Å². The minimum absolute atomic E-state index is 0.603. The van der Waals surface area contributed by atoms with Crippen molar-refractivity contribution in [3.05, 3.63) is 6.92 Å². The molecule has 1 unspecified atom stereocenters. The fraction of sp³-hybridized carbons (Fsp3) is 0.950. The van der Waals surface area contributed by atoms with Crippen LogP contribution >= 0.6 is 0 Å². The average Bonchev–Trinajstić information content (AvgIpc) is 2.46. The zero-order chi connectivity index (χ0) is 15.6. The van der Waals surface area contributed by atoms with Gasteiger partial charge in [0.15, 0.2) is 0 Å². The Bertz CT molecular complexity index is 177. The first-order valence-electron chi connectivity index (χ1n) is 9.70. The Morgan fingerprint density at radius 1 is 0.571 bits per heavy atom. The fourth-order valence-electron chi connectivity index (χ4n) is 2.90. The normalized spacial score (nSPS) is 12.7. The molecule has 0 saturated heterocycles. The van der Waals surface area contributed by atoms with Crippen LogP contribution in [0.15, 0.2) is 0 Å². The topological polar surface area (TPSA) is 0 Å². The molecule has 1 heteroatoms. The largest absolute Gasteiger partial charge is 0.248 e. The van der Waals surface area contributed by atoms with Gasteiger partial charge in [-0.05, 0) is 13.3 Å². The van der Waals surface area contributed by atoms with Crippen molar-refractivity contribution in [2.45, 2.75) is 122 Å². The molecule has 0 aromatic carbocycles. The van der Waals surface area contributed by atoms with Crippen molar-refractivity contribution < 1.29 is 4.39 Å². The monoisotopic (exact) mass is 299 g/mol. The van der Waals surface area contributed by atoms with Crippen LogP contribution in [0.25, 0.3) is 0 Å². The fourth-order valence-corrected chi connectivity index (χ4v) is 2.90. The molecule has 0 aliphatic rings. The van der Waals surface area contributed by atoms with E-state index >= 15 is 0 Å². The highest BCUT2D eigenvalue weighted by molar-refractivity contribution is 4.52. The zero-order valence-electron chi connectivity index (χ0n) is 14.7. The van der Waals surface area contributed by atoms with Crippen LogP contribution in [-0.2, 0) is 0 Å². The predicted molar refractivity (Wildman–Crippen MR) is 94.4 cm³/mol. The van der Waals surface area contributed by atoms with Crippen molar-refractivity contribution in [1.82, 2.24) is 0 Å². The molecule has 0 bridgehead atoms. The standard InChI is InChI=1S/C20H40F/c1-3-4-5-6-7-8-9-10-11-12-13-14-15-16-17-18-19-20(2)21/h20H,1,3-19H2,2H3. The van der Waals surface area contributed by atoms with Crippen LogP contribution in [0.4, 0.5) is 4.39 Å². The van der Waals surface area contributed by atoms with Crippen LogP contribution in [0.2, 0.25) is 0 Å². The second-order valence-corrected chi connectivity index (χ2v) is 6.73. The average molecular weight is 300 g/mol. The maximum atomic E-state index is 12.6. The summed E-state index contributed by atoms with van der Waals surface area (Å²) in [5.74, 6) is 0. The van der Waals surface area contributed by atoms with E-state index in [4.69, 9.17) is 0 Å². The molecule has 1 radical (unpaired) electrons. The van der Waals surface area contributed by atoms with Crippen molar-refractivity contribution >= 4 is 0 Å². The summed E-state index contributed by atoms with van der Waals surface area (Å²) >= 11 is 0. The Morgan fingerprint density at radius 2 is 0.857 bits per heavy atom. The molecule has 0 aliphatic heterocycles. The Kier molecular flexibility index (Phi) is 17.9. The molecule has 0 saturated carbocycles. The van der Waals surface area contributed by atoms with Gasteiger partial charge in [-0.1, -0.05) is 110 Å². The Morgan fingerprint density at radius 3 is 1.14 bits per heavy atom. The van der Waals surface area contributed by atoms with Crippen LogP contribution in [0.3, 0.4) is 0 Å². The van der Waals surface area contributed by atoms with Gasteiger partial charge in [0.05, 0.1) is 6.17 Å². The summed E-state index contributed by atoms with van der Waals surface area (Å²) < 4.78 is 12.6. The minimum atomic E-state index is -0.603. The highest BCUT2D eigenvalue weighted by Crippen LogP contribution is 2.14. The maximum Gasteiger partial charge on any atom is 0.0973 e. The van der Waals surface area contributed by atoms with E-state index in [-0.39, 0.29) is 0 Å². The van der Waals surface area contributed by atoms with Crippen LogP contribution < -0.4 is 0 Å². The van der Waals surface area contributed by atoms with Crippen molar-refractivity contribution in [3.63, 3.8) is 0 Å². The van der Waals surface area contributed by atoms with Gasteiger partial charge in [-0.2, -0.15) is 0 Å². The lowest BCUT2D eigenvalue weighted by atomic mass is 10.0. The lowest BCUT2D eigenvalue weighted by Gasteiger charge is -2.04. The molecular weight excluding hydrogens is 259 g/mol. The van der Waals surface area contributed by atoms with E-state index in [1.165, 1.54) is 89.9 Å². The lowest BCUT2D eigenvalue weighted by Crippen LogP contribution is -1.91. The number of hydrogen-bond acceptors (Lipinski definition) is 0. The molecule has 127 valence electrons.